The number of halogens is 1. The summed E-state index contributed by atoms with van der Waals surface area (Å²) in [6.45, 7) is 4.29. The Hall–Kier alpha value is -1.72. The summed E-state index contributed by atoms with van der Waals surface area (Å²) >= 11 is 0. The Morgan fingerprint density at radius 3 is 2.86 bits per heavy atom. The minimum Gasteiger partial charge on any atom is -0.384 e. The second-order valence-corrected chi connectivity index (χ2v) is 6.13. The average Bonchev–Trinajstić information content (AvgIpc) is 2.91. The fraction of sp³-hybridized carbons (Fsp3) is 0.471. The van der Waals surface area contributed by atoms with Gasteiger partial charge in [-0.05, 0) is 44.4 Å². The smallest absolute Gasteiger partial charge is 0.123 e. The summed E-state index contributed by atoms with van der Waals surface area (Å²) in [6, 6.07) is 6.92. The van der Waals surface area contributed by atoms with Crippen molar-refractivity contribution in [3.8, 4) is 0 Å². The molecule has 5 heteroatoms. The average molecular weight is 305 g/mol. The largest absolute Gasteiger partial charge is 0.384 e. The summed E-state index contributed by atoms with van der Waals surface area (Å²) in [7, 11) is 1.83. The number of aliphatic hydroxyl groups is 1. The fourth-order valence-electron chi connectivity index (χ4n) is 2.35. The molecule has 2 atom stereocenters. The molecule has 120 valence electrons. The van der Waals surface area contributed by atoms with Gasteiger partial charge in [-0.25, -0.2) is 4.39 Å². The molecule has 22 heavy (non-hydrogen) atoms. The van der Waals surface area contributed by atoms with E-state index in [1.165, 1.54) is 6.07 Å². The lowest BCUT2D eigenvalue weighted by Gasteiger charge is -2.25. The third-order valence-corrected chi connectivity index (χ3v) is 3.88. The second kappa shape index (κ2) is 7.03. The van der Waals surface area contributed by atoms with Gasteiger partial charge < -0.3 is 10.4 Å². The Morgan fingerprint density at radius 2 is 2.23 bits per heavy atom. The van der Waals surface area contributed by atoms with Crippen molar-refractivity contribution in [3.05, 3.63) is 53.6 Å². The van der Waals surface area contributed by atoms with Crippen molar-refractivity contribution in [3.63, 3.8) is 0 Å². The Balaban J connectivity index is 1.81. The van der Waals surface area contributed by atoms with E-state index in [1.807, 2.05) is 19.3 Å². The Morgan fingerprint density at radius 1 is 1.45 bits per heavy atom. The highest BCUT2D eigenvalue weighted by atomic mass is 19.1. The first-order valence-corrected chi connectivity index (χ1v) is 7.56. The van der Waals surface area contributed by atoms with E-state index in [2.05, 4.69) is 17.3 Å². The van der Waals surface area contributed by atoms with Gasteiger partial charge in [0.05, 0.1) is 6.20 Å². The maximum atomic E-state index is 13.1. The molecule has 0 unspecified atom stereocenters. The molecular formula is C17H24FN3O. The maximum Gasteiger partial charge on any atom is 0.123 e. The maximum absolute atomic E-state index is 13.1. The SMILES string of the molecule is C[C@H](CCc1cccc(F)c1)NC[C@@](C)(O)c1cnn(C)c1. The van der Waals surface area contributed by atoms with Crippen LogP contribution >= 0.6 is 0 Å². The molecule has 0 amide bonds. The molecule has 2 rings (SSSR count). The predicted molar refractivity (Wildman–Crippen MR) is 85.0 cm³/mol. The van der Waals surface area contributed by atoms with Crippen LogP contribution in [-0.2, 0) is 19.1 Å². The number of rotatable bonds is 7. The van der Waals surface area contributed by atoms with Gasteiger partial charge in [-0.1, -0.05) is 12.1 Å². The standard InChI is InChI=1S/C17H24FN3O/c1-13(7-8-14-5-4-6-16(18)9-14)19-12-17(2,22)15-10-20-21(3)11-15/h4-6,9-11,13,19,22H,7-8,12H2,1-3H3/t13-,17-/m1/s1. The Bertz CT molecular complexity index is 609. The van der Waals surface area contributed by atoms with Crippen LogP contribution in [0.1, 0.15) is 31.4 Å². The molecule has 0 saturated carbocycles. The van der Waals surface area contributed by atoms with Gasteiger partial charge in [0, 0.05) is 31.4 Å². The van der Waals surface area contributed by atoms with Crippen molar-refractivity contribution in [1.82, 2.24) is 15.1 Å². The summed E-state index contributed by atoms with van der Waals surface area (Å²) in [5.74, 6) is -0.197. The van der Waals surface area contributed by atoms with Crippen molar-refractivity contribution in [2.45, 2.75) is 38.3 Å². The first-order valence-electron chi connectivity index (χ1n) is 7.56. The minimum absolute atomic E-state index is 0.197. The Kier molecular flexibility index (Phi) is 5.32. The zero-order chi connectivity index (χ0) is 16.2. The number of hydrogen-bond acceptors (Lipinski definition) is 3. The van der Waals surface area contributed by atoms with Gasteiger partial charge in [0.15, 0.2) is 0 Å². The highest BCUT2D eigenvalue weighted by molar-refractivity contribution is 5.17. The molecule has 0 radical (unpaired) electrons. The summed E-state index contributed by atoms with van der Waals surface area (Å²) in [5.41, 5.74) is 0.828. The lowest BCUT2D eigenvalue weighted by molar-refractivity contribution is 0.0540. The van der Waals surface area contributed by atoms with Crippen LogP contribution in [0.15, 0.2) is 36.7 Å². The number of benzene rings is 1. The van der Waals surface area contributed by atoms with Gasteiger partial charge in [0.1, 0.15) is 11.4 Å². The molecule has 0 aliphatic rings. The quantitative estimate of drug-likeness (QED) is 0.826. The van der Waals surface area contributed by atoms with Crippen molar-refractivity contribution < 1.29 is 9.50 Å². The summed E-state index contributed by atoms with van der Waals surface area (Å²) in [6.07, 6.45) is 5.19. The van der Waals surface area contributed by atoms with Gasteiger partial charge >= 0.3 is 0 Å². The molecule has 4 nitrogen and oxygen atoms in total. The summed E-state index contributed by atoms with van der Waals surface area (Å²) < 4.78 is 14.8. The minimum atomic E-state index is -0.957. The highest BCUT2D eigenvalue weighted by Gasteiger charge is 2.24. The zero-order valence-corrected chi connectivity index (χ0v) is 13.4. The second-order valence-electron chi connectivity index (χ2n) is 6.13. The molecule has 1 heterocycles. The van der Waals surface area contributed by atoms with Gasteiger partial charge in [-0.3, -0.25) is 4.68 Å². The van der Waals surface area contributed by atoms with Gasteiger partial charge in [-0.2, -0.15) is 5.10 Å². The van der Waals surface area contributed by atoms with E-state index < -0.39 is 5.60 Å². The van der Waals surface area contributed by atoms with Crippen molar-refractivity contribution in [2.24, 2.45) is 7.05 Å². The van der Waals surface area contributed by atoms with Crippen molar-refractivity contribution in [2.75, 3.05) is 6.54 Å². The lowest BCUT2D eigenvalue weighted by atomic mass is 9.98. The highest BCUT2D eigenvalue weighted by Crippen LogP contribution is 2.19. The first-order chi connectivity index (χ1) is 10.4. The van der Waals surface area contributed by atoms with E-state index in [0.717, 1.165) is 24.0 Å². The molecule has 2 N–H and O–H groups in total. The lowest BCUT2D eigenvalue weighted by Crippen LogP contribution is -2.39. The summed E-state index contributed by atoms with van der Waals surface area (Å²) in [5, 5.41) is 17.9. The monoisotopic (exact) mass is 305 g/mol. The van der Waals surface area contributed by atoms with Gasteiger partial charge in [-0.15, -0.1) is 0 Å². The molecule has 1 aromatic carbocycles. The van der Waals surface area contributed by atoms with E-state index in [0.29, 0.717) is 6.54 Å². The molecule has 2 aromatic rings. The van der Waals surface area contributed by atoms with Crippen LogP contribution in [0, 0.1) is 5.82 Å². The zero-order valence-electron chi connectivity index (χ0n) is 13.4. The van der Waals surface area contributed by atoms with Gasteiger partial charge in [0.25, 0.3) is 0 Å². The third kappa shape index (κ3) is 4.64. The Labute approximate surface area is 131 Å². The van der Waals surface area contributed by atoms with Crippen LogP contribution in [0.5, 0.6) is 0 Å². The normalized spacial score (nSPS) is 15.5. The van der Waals surface area contributed by atoms with Crippen LogP contribution in [0.2, 0.25) is 0 Å². The van der Waals surface area contributed by atoms with Crippen LogP contribution in [0.3, 0.4) is 0 Å². The van der Waals surface area contributed by atoms with E-state index in [9.17, 15) is 9.50 Å². The number of aromatic nitrogens is 2. The van der Waals surface area contributed by atoms with Gasteiger partial charge in [0.2, 0.25) is 0 Å². The molecule has 1 aromatic heterocycles. The van der Waals surface area contributed by atoms with Crippen LogP contribution in [0.4, 0.5) is 4.39 Å². The number of aryl methyl sites for hydroxylation is 2. The molecule has 0 aliphatic heterocycles. The van der Waals surface area contributed by atoms with Crippen LogP contribution in [0.25, 0.3) is 0 Å². The third-order valence-electron chi connectivity index (χ3n) is 3.88. The molecule has 0 bridgehead atoms. The van der Waals surface area contributed by atoms with Crippen LogP contribution in [-0.4, -0.2) is 27.5 Å². The molecule has 0 fully saturated rings. The first kappa shape index (κ1) is 16.6. The number of nitrogens with one attached hydrogen (secondary N) is 1. The molecule has 0 spiro atoms. The topological polar surface area (TPSA) is 50.1 Å². The van der Waals surface area contributed by atoms with E-state index >= 15 is 0 Å². The molecule has 0 aliphatic carbocycles. The van der Waals surface area contributed by atoms with E-state index in [1.54, 1.807) is 29.9 Å². The number of hydrogen-bond donors (Lipinski definition) is 2. The van der Waals surface area contributed by atoms with Crippen molar-refractivity contribution >= 4 is 0 Å². The molecule has 0 saturated heterocycles. The number of nitrogens with zero attached hydrogens (tertiary/aromatic N) is 2. The summed E-state index contributed by atoms with van der Waals surface area (Å²) in [4.78, 5) is 0. The predicted octanol–water partition coefficient (Wildman–Crippen LogP) is 2.38. The van der Waals surface area contributed by atoms with Crippen LogP contribution < -0.4 is 5.32 Å². The van der Waals surface area contributed by atoms with E-state index in [-0.39, 0.29) is 11.9 Å². The van der Waals surface area contributed by atoms with Crippen molar-refractivity contribution in [1.29, 1.82) is 0 Å². The van der Waals surface area contributed by atoms with E-state index in [4.69, 9.17) is 0 Å². The fourth-order valence-corrected chi connectivity index (χ4v) is 2.35. The molecular weight excluding hydrogens is 281 g/mol.